The van der Waals surface area contributed by atoms with Gasteiger partial charge in [-0.05, 0) is 38.5 Å². The van der Waals surface area contributed by atoms with E-state index in [0.717, 1.165) is 41.6 Å². The lowest BCUT2D eigenvalue weighted by molar-refractivity contribution is 0.195. The topological polar surface area (TPSA) is 61.4 Å². The van der Waals surface area contributed by atoms with Gasteiger partial charge in [-0.3, -0.25) is 0 Å². The number of carbonyl (C=O) groups excluding carboxylic acids is 1. The van der Waals surface area contributed by atoms with E-state index in [1.807, 2.05) is 37.8 Å². The number of carbonyl (C=O) groups is 1. The maximum Gasteiger partial charge on any atom is 0.317 e. The molecular weight excluding hydrogens is 397 g/mol. The summed E-state index contributed by atoms with van der Waals surface area (Å²) in [4.78, 5) is 25.4. The average Bonchev–Trinajstić information content (AvgIpc) is 2.65. The summed E-state index contributed by atoms with van der Waals surface area (Å²) in [7, 11) is 0. The Morgan fingerprint density at radius 2 is 1.86 bits per heavy atom. The molecule has 3 rings (SSSR count). The predicted octanol–water partition coefficient (Wildman–Crippen LogP) is 3.84. The van der Waals surface area contributed by atoms with Gasteiger partial charge in [0.05, 0.1) is 0 Å². The average molecular weight is 422 g/mol. The Morgan fingerprint density at radius 3 is 2.50 bits per heavy atom. The Labute approximate surface area is 175 Å². The zero-order valence-electron chi connectivity index (χ0n) is 16.4. The van der Waals surface area contributed by atoms with E-state index in [1.54, 1.807) is 6.07 Å². The molecule has 0 aliphatic carbocycles. The molecule has 1 saturated heterocycles. The van der Waals surface area contributed by atoms with Crippen molar-refractivity contribution < 1.29 is 4.79 Å². The molecular formula is C20H25Cl2N5O. The van der Waals surface area contributed by atoms with Crippen LogP contribution in [0.4, 0.5) is 10.6 Å². The van der Waals surface area contributed by atoms with Crippen molar-refractivity contribution in [1.82, 2.24) is 20.2 Å². The van der Waals surface area contributed by atoms with Gasteiger partial charge in [-0.25, -0.2) is 14.8 Å². The monoisotopic (exact) mass is 421 g/mol. The van der Waals surface area contributed by atoms with Crippen molar-refractivity contribution in [3.05, 3.63) is 50.9 Å². The van der Waals surface area contributed by atoms with Gasteiger partial charge in [-0.1, -0.05) is 29.3 Å². The number of hydrogen-bond donors (Lipinski definition) is 1. The second-order valence-electron chi connectivity index (χ2n) is 6.88. The number of piperazine rings is 1. The number of halogens is 2. The Kier molecular flexibility index (Phi) is 6.62. The van der Waals surface area contributed by atoms with Crippen LogP contribution in [0, 0.1) is 13.8 Å². The van der Waals surface area contributed by atoms with E-state index in [1.165, 1.54) is 0 Å². The van der Waals surface area contributed by atoms with Gasteiger partial charge in [0.15, 0.2) is 0 Å². The summed E-state index contributed by atoms with van der Waals surface area (Å²) < 4.78 is 0. The highest BCUT2D eigenvalue weighted by atomic mass is 35.5. The molecule has 1 aromatic heterocycles. The molecule has 2 heterocycles. The summed E-state index contributed by atoms with van der Waals surface area (Å²) in [5.41, 5.74) is 2.99. The largest absolute Gasteiger partial charge is 0.353 e. The van der Waals surface area contributed by atoms with Crippen LogP contribution in [0.25, 0.3) is 0 Å². The molecule has 0 radical (unpaired) electrons. The molecule has 0 unspecified atom stereocenters. The van der Waals surface area contributed by atoms with Crippen molar-refractivity contribution in [2.45, 2.75) is 27.2 Å². The predicted molar refractivity (Wildman–Crippen MR) is 114 cm³/mol. The molecule has 2 amide bonds. The van der Waals surface area contributed by atoms with Crippen molar-refractivity contribution in [2.75, 3.05) is 37.6 Å². The lowest BCUT2D eigenvalue weighted by Crippen LogP contribution is -2.52. The lowest BCUT2D eigenvalue weighted by Gasteiger charge is -2.36. The van der Waals surface area contributed by atoms with E-state index in [4.69, 9.17) is 28.2 Å². The highest BCUT2D eigenvalue weighted by molar-refractivity contribution is 6.35. The molecule has 1 aromatic carbocycles. The first kappa shape index (κ1) is 20.7. The third-order valence-corrected chi connectivity index (χ3v) is 5.47. The van der Waals surface area contributed by atoms with Crippen LogP contribution in [0.3, 0.4) is 0 Å². The molecule has 28 heavy (non-hydrogen) atoms. The van der Waals surface area contributed by atoms with E-state index in [-0.39, 0.29) is 6.03 Å². The first-order valence-electron chi connectivity index (χ1n) is 9.44. The van der Waals surface area contributed by atoms with E-state index in [0.29, 0.717) is 36.1 Å². The molecule has 0 atom stereocenters. The number of anilines is 1. The van der Waals surface area contributed by atoms with E-state index < -0.39 is 0 Å². The number of amides is 2. The number of nitrogens with one attached hydrogen (secondary N) is 1. The fourth-order valence-corrected chi connectivity index (χ4v) is 3.90. The van der Waals surface area contributed by atoms with Gasteiger partial charge in [0, 0.05) is 60.4 Å². The van der Waals surface area contributed by atoms with Gasteiger partial charge in [0.1, 0.15) is 11.6 Å². The van der Waals surface area contributed by atoms with E-state index >= 15 is 0 Å². The van der Waals surface area contributed by atoms with Gasteiger partial charge in [-0.2, -0.15) is 0 Å². The molecule has 1 aliphatic heterocycles. The van der Waals surface area contributed by atoms with Crippen molar-refractivity contribution >= 4 is 35.1 Å². The standard InChI is InChI=1S/C20H25Cl2N5O/c1-4-23-20(28)27-9-7-26(8-10-27)19-17(13(2)24-14(3)25-19)11-15-5-6-16(21)12-18(15)22/h5-6,12H,4,7-11H2,1-3H3,(H,23,28). The number of hydrogen-bond acceptors (Lipinski definition) is 4. The minimum atomic E-state index is -0.00892. The number of benzene rings is 1. The lowest BCUT2D eigenvalue weighted by atomic mass is 10.0. The smallest absolute Gasteiger partial charge is 0.317 e. The second kappa shape index (κ2) is 8.97. The normalized spacial score (nSPS) is 14.3. The molecule has 1 aliphatic rings. The fraction of sp³-hybridized carbons (Fsp3) is 0.450. The first-order valence-corrected chi connectivity index (χ1v) is 10.2. The fourth-order valence-electron chi connectivity index (χ4n) is 3.43. The van der Waals surface area contributed by atoms with Crippen molar-refractivity contribution in [2.24, 2.45) is 0 Å². The summed E-state index contributed by atoms with van der Waals surface area (Å²) in [5, 5.41) is 4.12. The van der Waals surface area contributed by atoms with Crippen molar-refractivity contribution in [3.63, 3.8) is 0 Å². The molecule has 1 fully saturated rings. The molecule has 0 bridgehead atoms. The zero-order chi connectivity index (χ0) is 20.3. The molecule has 6 nitrogen and oxygen atoms in total. The summed E-state index contributed by atoms with van der Waals surface area (Å²) in [6.07, 6.45) is 0.633. The van der Waals surface area contributed by atoms with Crippen molar-refractivity contribution in [1.29, 1.82) is 0 Å². The first-order chi connectivity index (χ1) is 13.4. The highest BCUT2D eigenvalue weighted by Crippen LogP contribution is 2.29. The van der Waals surface area contributed by atoms with Gasteiger partial charge < -0.3 is 15.1 Å². The number of rotatable bonds is 4. The molecule has 0 saturated carbocycles. The molecule has 8 heteroatoms. The molecule has 2 aromatic rings. The number of urea groups is 1. The van der Waals surface area contributed by atoms with Crippen LogP contribution >= 0.6 is 23.2 Å². The van der Waals surface area contributed by atoms with Crippen LogP contribution in [-0.2, 0) is 6.42 Å². The van der Waals surface area contributed by atoms with Gasteiger partial charge in [0.25, 0.3) is 0 Å². The Hall–Kier alpha value is -2.05. The summed E-state index contributed by atoms with van der Waals surface area (Å²) >= 11 is 12.4. The minimum Gasteiger partial charge on any atom is -0.353 e. The van der Waals surface area contributed by atoms with Gasteiger partial charge >= 0.3 is 6.03 Å². The van der Waals surface area contributed by atoms with Crippen LogP contribution in [0.2, 0.25) is 10.0 Å². The maximum atomic E-state index is 12.1. The number of nitrogens with zero attached hydrogens (tertiary/aromatic N) is 4. The van der Waals surface area contributed by atoms with Crippen LogP contribution in [0.15, 0.2) is 18.2 Å². The number of aryl methyl sites for hydroxylation is 2. The molecule has 150 valence electrons. The SMILES string of the molecule is CCNC(=O)N1CCN(c2nc(C)nc(C)c2Cc2ccc(Cl)cc2Cl)CC1. The van der Waals surface area contributed by atoms with Crippen LogP contribution in [-0.4, -0.2) is 53.6 Å². The minimum absolute atomic E-state index is 0.00892. The Morgan fingerprint density at radius 1 is 1.14 bits per heavy atom. The third-order valence-electron chi connectivity index (χ3n) is 4.88. The number of aromatic nitrogens is 2. The molecule has 0 spiro atoms. The van der Waals surface area contributed by atoms with Crippen molar-refractivity contribution in [3.8, 4) is 0 Å². The highest BCUT2D eigenvalue weighted by Gasteiger charge is 2.24. The van der Waals surface area contributed by atoms with Gasteiger partial charge in [-0.15, -0.1) is 0 Å². The summed E-state index contributed by atoms with van der Waals surface area (Å²) in [6.45, 7) is 9.25. The van der Waals surface area contributed by atoms with Crippen LogP contribution in [0.5, 0.6) is 0 Å². The van der Waals surface area contributed by atoms with Gasteiger partial charge in [0.2, 0.25) is 0 Å². The van der Waals surface area contributed by atoms with Crippen LogP contribution in [0.1, 0.15) is 29.6 Å². The van der Waals surface area contributed by atoms with E-state index in [2.05, 4.69) is 15.2 Å². The van der Waals surface area contributed by atoms with E-state index in [9.17, 15) is 4.79 Å². The Bertz CT molecular complexity index is 866. The second-order valence-corrected chi connectivity index (χ2v) is 7.72. The Balaban J connectivity index is 1.84. The third kappa shape index (κ3) is 4.67. The van der Waals surface area contributed by atoms with Crippen LogP contribution < -0.4 is 10.2 Å². The summed E-state index contributed by atoms with van der Waals surface area (Å²) in [6, 6.07) is 5.54. The zero-order valence-corrected chi connectivity index (χ0v) is 17.9. The maximum absolute atomic E-state index is 12.1. The molecule has 1 N–H and O–H groups in total. The quantitative estimate of drug-likeness (QED) is 0.814. The summed E-state index contributed by atoms with van der Waals surface area (Å²) in [5.74, 6) is 1.66.